The van der Waals surface area contributed by atoms with Crippen LogP contribution in [-0.2, 0) is 0 Å². The summed E-state index contributed by atoms with van der Waals surface area (Å²) in [6.45, 7) is 9.61. The lowest BCUT2D eigenvalue weighted by molar-refractivity contribution is -0.384. The number of nitrogens with zero attached hydrogens (tertiary/aromatic N) is 1. The number of benzene rings is 1. The molecule has 0 aliphatic carbocycles. The number of urea groups is 1. The molecular weight excluding hydrogens is 298 g/mol. The summed E-state index contributed by atoms with van der Waals surface area (Å²) in [5.74, 6) is 0.0777. The monoisotopic (exact) mass is 323 g/mol. The van der Waals surface area contributed by atoms with Gasteiger partial charge in [-0.1, -0.05) is 33.8 Å². The second kappa shape index (κ2) is 7.41. The molecule has 0 bridgehead atoms. The molecule has 1 aromatic rings. The van der Waals surface area contributed by atoms with Crippen LogP contribution in [-0.4, -0.2) is 28.7 Å². The normalized spacial score (nSPS) is 12.8. The van der Waals surface area contributed by atoms with Crippen molar-refractivity contribution in [2.75, 3.05) is 11.9 Å². The van der Waals surface area contributed by atoms with Crippen molar-refractivity contribution in [1.29, 1.82) is 0 Å². The highest BCUT2D eigenvalue weighted by Crippen LogP contribution is 2.25. The van der Waals surface area contributed by atoms with Crippen LogP contribution >= 0.6 is 0 Å². The van der Waals surface area contributed by atoms with Crippen LogP contribution in [0.4, 0.5) is 16.2 Å². The molecule has 23 heavy (non-hydrogen) atoms. The van der Waals surface area contributed by atoms with E-state index in [4.69, 9.17) is 0 Å². The Morgan fingerprint density at radius 1 is 1.39 bits per heavy atom. The number of carbonyl (C=O) groups excluding carboxylic acids is 1. The Morgan fingerprint density at radius 3 is 2.52 bits per heavy atom. The number of carbonyl (C=O) groups is 1. The van der Waals surface area contributed by atoms with Crippen molar-refractivity contribution >= 4 is 17.4 Å². The van der Waals surface area contributed by atoms with Gasteiger partial charge in [0.15, 0.2) is 0 Å². The Hall–Kier alpha value is -2.15. The van der Waals surface area contributed by atoms with E-state index in [2.05, 4.69) is 10.6 Å². The Kier molecular flexibility index (Phi) is 6.09. The molecule has 1 unspecified atom stereocenters. The second-order valence-electron chi connectivity index (χ2n) is 6.74. The van der Waals surface area contributed by atoms with Gasteiger partial charge in [0.1, 0.15) is 0 Å². The maximum Gasteiger partial charge on any atom is 0.319 e. The molecule has 1 atom stereocenters. The van der Waals surface area contributed by atoms with Crippen LogP contribution < -0.4 is 10.6 Å². The molecule has 1 aromatic carbocycles. The third-order valence-electron chi connectivity index (χ3n) is 3.82. The highest BCUT2D eigenvalue weighted by atomic mass is 16.6. The first-order valence-corrected chi connectivity index (χ1v) is 7.52. The summed E-state index contributed by atoms with van der Waals surface area (Å²) in [5.41, 5.74) is 0.552. The third kappa shape index (κ3) is 5.21. The van der Waals surface area contributed by atoms with Gasteiger partial charge in [0.25, 0.3) is 5.69 Å². The fourth-order valence-corrected chi connectivity index (χ4v) is 2.34. The summed E-state index contributed by atoms with van der Waals surface area (Å²) in [6.07, 6.45) is -0.553. The van der Waals surface area contributed by atoms with Gasteiger partial charge in [0.05, 0.1) is 16.7 Å². The molecule has 0 fully saturated rings. The molecule has 0 spiro atoms. The number of aliphatic hydroxyl groups is 1. The summed E-state index contributed by atoms with van der Waals surface area (Å²) >= 11 is 0. The second-order valence-corrected chi connectivity index (χ2v) is 6.74. The van der Waals surface area contributed by atoms with Gasteiger partial charge in [0, 0.05) is 24.1 Å². The maximum atomic E-state index is 12.0. The van der Waals surface area contributed by atoms with E-state index >= 15 is 0 Å². The number of nitro groups is 1. The molecule has 3 N–H and O–H groups in total. The molecule has 0 saturated carbocycles. The highest BCUT2D eigenvalue weighted by molar-refractivity contribution is 5.90. The SMILES string of the molecule is Cc1ccc([N+](=O)[O-])cc1NC(=O)NCC(C)(C)C(O)C(C)C. The summed E-state index contributed by atoms with van der Waals surface area (Å²) in [6, 6.07) is 3.83. The van der Waals surface area contributed by atoms with Crippen LogP contribution in [0.2, 0.25) is 0 Å². The van der Waals surface area contributed by atoms with Gasteiger partial charge >= 0.3 is 6.03 Å². The molecule has 2 amide bonds. The fraction of sp³-hybridized carbons (Fsp3) is 0.562. The fourth-order valence-electron chi connectivity index (χ4n) is 2.34. The number of aryl methyl sites for hydroxylation is 1. The zero-order valence-electron chi connectivity index (χ0n) is 14.2. The number of nitrogens with one attached hydrogen (secondary N) is 2. The average Bonchev–Trinajstić information content (AvgIpc) is 2.46. The van der Waals surface area contributed by atoms with E-state index in [1.165, 1.54) is 12.1 Å². The van der Waals surface area contributed by atoms with Gasteiger partial charge in [0.2, 0.25) is 0 Å². The number of nitro benzene ring substituents is 1. The number of amides is 2. The molecule has 0 heterocycles. The molecule has 7 nitrogen and oxygen atoms in total. The van der Waals surface area contributed by atoms with E-state index in [1.807, 2.05) is 27.7 Å². The van der Waals surface area contributed by atoms with Crippen molar-refractivity contribution in [3.63, 3.8) is 0 Å². The van der Waals surface area contributed by atoms with E-state index < -0.39 is 22.5 Å². The van der Waals surface area contributed by atoms with Crippen LogP contribution in [0, 0.1) is 28.4 Å². The number of anilines is 1. The molecular formula is C16H25N3O4. The van der Waals surface area contributed by atoms with Crippen molar-refractivity contribution in [1.82, 2.24) is 5.32 Å². The van der Waals surface area contributed by atoms with Crippen LogP contribution in [0.3, 0.4) is 0 Å². The predicted molar refractivity (Wildman–Crippen MR) is 89.5 cm³/mol. The van der Waals surface area contributed by atoms with Crippen LogP contribution in [0.25, 0.3) is 0 Å². The maximum absolute atomic E-state index is 12.0. The van der Waals surface area contributed by atoms with Gasteiger partial charge in [-0.2, -0.15) is 0 Å². The summed E-state index contributed by atoms with van der Waals surface area (Å²) < 4.78 is 0. The lowest BCUT2D eigenvalue weighted by Gasteiger charge is -2.33. The first kappa shape index (κ1) is 18.9. The minimum Gasteiger partial charge on any atom is -0.392 e. The minimum absolute atomic E-state index is 0.0777. The van der Waals surface area contributed by atoms with Crippen molar-refractivity contribution < 1.29 is 14.8 Å². The average molecular weight is 323 g/mol. The molecule has 0 saturated heterocycles. The van der Waals surface area contributed by atoms with Gasteiger partial charge in [-0.25, -0.2) is 4.79 Å². The molecule has 0 radical (unpaired) electrons. The smallest absolute Gasteiger partial charge is 0.319 e. The van der Waals surface area contributed by atoms with Gasteiger partial charge in [-0.05, 0) is 18.4 Å². The number of hydrogen-bond donors (Lipinski definition) is 3. The van der Waals surface area contributed by atoms with Gasteiger partial charge in [-0.3, -0.25) is 10.1 Å². The Morgan fingerprint density at radius 2 is 2.00 bits per heavy atom. The minimum atomic E-state index is -0.553. The standard InChI is InChI=1S/C16H25N3O4/c1-10(2)14(20)16(4,5)9-17-15(21)18-13-8-12(19(22)23)7-6-11(13)3/h6-8,10,14,20H,9H2,1-5H3,(H2,17,18,21). The van der Waals surface area contributed by atoms with Crippen molar-refractivity contribution in [2.45, 2.75) is 40.7 Å². The highest BCUT2D eigenvalue weighted by Gasteiger charge is 2.30. The number of rotatable bonds is 6. The molecule has 1 rings (SSSR count). The Balaban J connectivity index is 2.71. The van der Waals surface area contributed by atoms with E-state index in [9.17, 15) is 20.0 Å². The summed E-state index contributed by atoms with van der Waals surface area (Å²) in [7, 11) is 0. The number of hydrogen-bond acceptors (Lipinski definition) is 4. The first-order chi connectivity index (χ1) is 10.5. The summed E-state index contributed by atoms with van der Waals surface area (Å²) in [4.78, 5) is 22.3. The van der Waals surface area contributed by atoms with Crippen LogP contribution in [0.5, 0.6) is 0 Å². The molecule has 128 valence electrons. The lowest BCUT2D eigenvalue weighted by atomic mass is 9.81. The predicted octanol–water partition coefficient (Wildman–Crippen LogP) is 3.07. The Bertz CT molecular complexity index is 585. The molecule has 0 aromatic heterocycles. The lowest BCUT2D eigenvalue weighted by Crippen LogP contribution is -2.44. The van der Waals surface area contributed by atoms with E-state index in [0.29, 0.717) is 5.69 Å². The van der Waals surface area contributed by atoms with E-state index in [0.717, 1.165) is 5.56 Å². The zero-order valence-corrected chi connectivity index (χ0v) is 14.2. The quantitative estimate of drug-likeness (QED) is 0.552. The van der Waals surface area contributed by atoms with Crippen LogP contribution in [0.15, 0.2) is 18.2 Å². The molecule has 0 aliphatic rings. The number of non-ortho nitro benzene ring substituents is 1. The van der Waals surface area contributed by atoms with Crippen LogP contribution in [0.1, 0.15) is 33.3 Å². The van der Waals surface area contributed by atoms with E-state index in [-0.39, 0.29) is 18.2 Å². The number of aliphatic hydroxyl groups excluding tert-OH is 1. The largest absolute Gasteiger partial charge is 0.392 e. The third-order valence-corrected chi connectivity index (χ3v) is 3.82. The van der Waals surface area contributed by atoms with Crippen molar-refractivity contribution in [3.8, 4) is 0 Å². The summed E-state index contributed by atoms with van der Waals surface area (Å²) in [5, 5.41) is 26.3. The molecule has 7 heteroatoms. The molecule has 0 aliphatic heterocycles. The van der Waals surface area contributed by atoms with E-state index in [1.54, 1.807) is 13.0 Å². The topological polar surface area (TPSA) is 105 Å². The Labute approximate surface area is 136 Å². The zero-order chi connectivity index (χ0) is 17.8. The van der Waals surface area contributed by atoms with Gasteiger partial charge in [-0.15, -0.1) is 0 Å². The van der Waals surface area contributed by atoms with Gasteiger partial charge < -0.3 is 15.7 Å². The van der Waals surface area contributed by atoms with Crippen molar-refractivity contribution in [2.24, 2.45) is 11.3 Å². The van der Waals surface area contributed by atoms with Crippen molar-refractivity contribution in [3.05, 3.63) is 33.9 Å². The first-order valence-electron chi connectivity index (χ1n) is 7.52.